The zero-order valence-electron chi connectivity index (χ0n) is 13.0. The topological polar surface area (TPSA) is 12.0 Å². The summed E-state index contributed by atoms with van der Waals surface area (Å²) in [6.45, 7) is 9.02. The molecule has 1 saturated carbocycles. The van der Waals surface area contributed by atoms with Crippen LogP contribution >= 0.6 is 0 Å². The van der Waals surface area contributed by atoms with E-state index in [1.165, 1.54) is 48.8 Å². The predicted octanol–water partition coefficient (Wildman–Crippen LogP) is 4.92. The molecule has 19 heavy (non-hydrogen) atoms. The van der Waals surface area contributed by atoms with Gasteiger partial charge >= 0.3 is 0 Å². The fourth-order valence-electron chi connectivity index (χ4n) is 3.45. The summed E-state index contributed by atoms with van der Waals surface area (Å²) >= 11 is 0. The average Bonchev–Trinajstić information content (AvgIpc) is 2.38. The van der Waals surface area contributed by atoms with Crippen molar-refractivity contribution >= 4 is 0 Å². The molecular weight excluding hydrogens is 230 g/mol. The second kappa shape index (κ2) is 6.56. The number of benzene rings is 1. The van der Waals surface area contributed by atoms with E-state index in [0.29, 0.717) is 6.04 Å². The van der Waals surface area contributed by atoms with Crippen LogP contribution in [0.4, 0.5) is 0 Å². The summed E-state index contributed by atoms with van der Waals surface area (Å²) in [5, 5.41) is 3.83. The summed E-state index contributed by atoms with van der Waals surface area (Å²) in [7, 11) is 0. The van der Waals surface area contributed by atoms with Gasteiger partial charge in [-0.05, 0) is 57.9 Å². The molecule has 0 radical (unpaired) electrons. The lowest BCUT2D eigenvalue weighted by atomic mass is 9.84. The van der Waals surface area contributed by atoms with Crippen LogP contribution in [0.5, 0.6) is 0 Å². The maximum absolute atomic E-state index is 3.83. The molecule has 1 aromatic rings. The number of aryl methyl sites for hydroxylation is 2. The zero-order valence-corrected chi connectivity index (χ0v) is 13.0. The van der Waals surface area contributed by atoms with E-state index in [4.69, 9.17) is 0 Å². The van der Waals surface area contributed by atoms with Gasteiger partial charge in [-0.25, -0.2) is 0 Å². The van der Waals surface area contributed by atoms with Crippen LogP contribution in [0.1, 0.15) is 68.7 Å². The molecule has 0 aliphatic heterocycles. The molecule has 2 rings (SSSR count). The highest BCUT2D eigenvalue weighted by molar-refractivity contribution is 5.30. The SMILES string of the molecule is CCC1CCC(NC(C)c2cc(C)cc(C)c2)CC1. The molecule has 0 amide bonds. The monoisotopic (exact) mass is 259 g/mol. The fourth-order valence-corrected chi connectivity index (χ4v) is 3.45. The van der Waals surface area contributed by atoms with Gasteiger partial charge in [-0.2, -0.15) is 0 Å². The van der Waals surface area contributed by atoms with E-state index >= 15 is 0 Å². The van der Waals surface area contributed by atoms with Crippen LogP contribution in [0.25, 0.3) is 0 Å². The molecule has 1 aromatic carbocycles. The molecule has 1 fully saturated rings. The average molecular weight is 259 g/mol. The second-order valence-electron chi connectivity index (χ2n) is 6.44. The molecule has 0 bridgehead atoms. The zero-order chi connectivity index (χ0) is 13.8. The van der Waals surface area contributed by atoms with E-state index < -0.39 is 0 Å². The molecule has 1 unspecified atom stereocenters. The minimum atomic E-state index is 0.474. The molecule has 0 heterocycles. The largest absolute Gasteiger partial charge is 0.307 e. The van der Waals surface area contributed by atoms with Crippen molar-refractivity contribution in [3.63, 3.8) is 0 Å². The minimum absolute atomic E-state index is 0.474. The van der Waals surface area contributed by atoms with Gasteiger partial charge in [0.15, 0.2) is 0 Å². The van der Waals surface area contributed by atoms with Crippen LogP contribution in [0.2, 0.25) is 0 Å². The quantitative estimate of drug-likeness (QED) is 0.809. The van der Waals surface area contributed by atoms with Crippen molar-refractivity contribution < 1.29 is 0 Å². The van der Waals surface area contributed by atoms with Gasteiger partial charge < -0.3 is 5.32 Å². The second-order valence-corrected chi connectivity index (χ2v) is 6.44. The normalized spacial score (nSPS) is 25.3. The highest BCUT2D eigenvalue weighted by Crippen LogP contribution is 2.28. The van der Waals surface area contributed by atoms with Gasteiger partial charge in [0.2, 0.25) is 0 Å². The highest BCUT2D eigenvalue weighted by atomic mass is 14.9. The molecule has 0 aromatic heterocycles. The van der Waals surface area contributed by atoms with Gasteiger partial charge in [-0.1, -0.05) is 42.7 Å². The molecule has 106 valence electrons. The number of hydrogen-bond donors (Lipinski definition) is 1. The Morgan fingerprint density at radius 3 is 2.16 bits per heavy atom. The van der Waals surface area contributed by atoms with Crippen molar-refractivity contribution in [2.24, 2.45) is 5.92 Å². The van der Waals surface area contributed by atoms with Crippen molar-refractivity contribution in [2.45, 2.75) is 71.9 Å². The van der Waals surface area contributed by atoms with Crippen molar-refractivity contribution in [3.05, 3.63) is 34.9 Å². The van der Waals surface area contributed by atoms with Crippen LogP contribution in [0, 0.1) is 19.8 Å². The first kappa shape index (κ1) is 14.6. The van der Waals surface area contributed by atoms with Gasteiger partial charge in [0.1, 0.15) is 0 Å². The van der Waals surface area contributed by atoms with Gasteiger partial charge in [0.25, 0.3) is 0 Å². The Labute approximate surface area is 118 Å². The Kier molecular flexibility index (Phi) is 5.04. The van der Waals surface area contributed by atoms with Crippen molar-refractivity contribution in [2.75, 3.05) is 0 Å². The van der Waals surface area contributed by atoms with Crippen molar-refractivity contribution in [1.29, 1.82) is 0 Å². The lowest BCUT2D eigenvalue weighted by Crippen LogP contribution is -2.35. The van der Waals surface area contributed by atoms with Crippen LogP contribution in [0.15, 0.2) is 18.2 Å². The van der Waals surface area contributed by atoms with Crippen LogP contribution in [0.3, 0.4) is 0 Å². The molecule has 1 aliphatic carbocycles. The van der Waals surface area contributed by atoms with Gasteiger partial charge in [-0.15, -0.1) is 0 Å². The molecule has 1 N–H and O–H groups in total. The van der Waals surface area contributed by atoms with Gasteiger partial charge in [0.05, 0.1) is 0 Å². The van der Waals surface area contributed by atoms with Crippen molar-refractivity contribution in [1.82, 2.24) is 5.32 Å². The molecular formula is C18H29N. The van der Waals surface area contributed by atoms with Crippen LogP contribution in [-0.4, -0.2) is 6.04 Å². The maximum Gasteiger partial charge on any atom is 0.0294 e. The third kappa shape index (κ3) is 4.07. The Morgan fingerprint density at radius 2 is 1.63 bits per heavy atom. The molecule has 1 aliphatic rings. The lowest BCUT2D eigenvalue weighted by Gasteiger charge is -2.31. The maximum atomic E-state index is 3.83. The summed E-state index contributed by atoms with van der Waals surface area (Å²) in [4.78, 5) is 0. The first-order chi connectivity index (χ1) is 9.08. The minimum Gasteiger partial charge on any atom is -0.307 e. The van der Waals surface area contributed by atoms with Crippen LogP contribution in [-0.2, 0) is 0 Å². The van der Waals surface area contributed by atoms with Gasteiger partial charge in [-0.3, -0.25) is 0 Å². The summed E-state index contributed by atoms with van der Waals surface area (Å²) in [6, 6.07) is 8.09. The van der Waals surface area contributed by atoms with E-state index in [1.807, 2.05) is 0 Å². The summed E-state index contributed by atoms with van der Waals surface area (Å²) in [6.07, 6.45) is 6.89. The molecule has 0 saturated heterocycles. The van der Waals surface area contributed by atoms with E-state index in [1.54, 1.807) is 0 Å². The fraction of sp³-hybridized carbons (Fsp3) is 0.667. The van der Waals surface area contributed by atoms with E-state index in [-0.39, 0.29) is 0 Å². The first-order valence-corrected chi connectivity index (χ1v) is 7.92. The Morgan fingerprint density at radius 1 is 1.05 bits per heavy atom. The third-order valence-corrected chi connectivity index (χ3v) is 4.65. The Balaban J connectivity index is 1.92. The highest BCUT2D eigenvalue weighted by Gasteiger charge is 2.21. The Bertz CT molecular complexity index is 382. The smallest absolute Gasteiger partial charge is 0.0294 e. The molecule has 0 spiro atoms. The van der Waals surface area contributed by atoms with Crippen LogP contribution < -0.4 is 5.32 Å². The van der Waals surface area contributed by atoms with E-state index in [2.05, 4.69) is 51.2 Å². The number of rotatable bonds is 4. The Hall–Kier alpha value is -0.820. The van der Waals surface area contributed by atoms with E-state index in [0.717, 1.165) is 12.0 Å². The standard InChI is InChI=1S/C18H29N/c1-5-16-6-8-18(9-7-16)19-15(4)17-11-13(2)10-14(3)12-17/h10-12,15-16,18-19H,5-9H2,1-4H3. The molecule has 1 nitrogen and oxygen atoms in total. The lowest BCUT2D eigenvalue weighted by molar-refractivity contribution is 0.273. The number of hydrogen-bond acceptors (Lipinski definition) is 1. The summed E-state index contributed by atoms with van der Waals surface area (Å²) < 4.78 is 0. The summed E-state index contributed by atoms with van der Waals surface area (Å²) in [5.41, 5.74) is 4.19. The van der Waals surface area contributed by atoms with Gasteiger partial charge in [0, 0.05) is 12.1 Å². The summed E-state index contributed by atoms with van der Waals surface area (Å²) in [5.74, 6) is 0.981. The first-order valence-electron chi connectivity index (χ1n) is 7.92. The third-order valence-electron chi connectivity index (χ3n) is 4.65. The predicted molar refractivity (Wildman–Crippen MR) is 83.5 cm³/mol. The van der Waals surface area contributed by atoms with Crippen molar-refractivity contribution in [3.8, 4) is 0 Å². The van der Waals surface area contributed by atoms with E-state index in [9.17, 15) is 0 Å². The molecule has 1 atom stereocenters. The number of nitrogens with one attached hydrogen (secondary N) is 1. The molecule has 1 heteroatoms.